The lowest BCUT2D eigenvalue weighted by Gasteiger charge is -2.23. The van der Waals surface area contributed by atoms with Crippen LogP contribution in [0, 0.1) is 6.92 Å². The van der Waals surface area contributed by atoms with Gasteiger partial charge in [-0.3, -0.25) is 9.10 Å². The highest BCUT2D eigenvalue weighted by molar-refractivity contribution is 7.92. The van der Waals surface area contributed by atoms with E-state index in [4.69, 9.17) is 23.2 Å². The number of carbonyl (C=O) groups excluding carboxylic acids is 1. The molecule has 3 rings (SSSR count). The van der Waals surface area contributed by atoms with Crippen LogP contribution in [-0.2, 0) is 16.6 Å². The molecule has 0 unspecified atom stereocenters. The number of hydrogen-bond acceptors (Lipinski definition) is 3. The molecule has 0 saturated heterocycles. The third-order valence-corrected chi connectivity index (χ3v) is 6.29. The largest absolute Gasteiger partial charge is 0.322 e. The van der Waals surface area contributed by atoms with E-state index in [0.717, 1.165) is 17.4 Å². The average molecular weight is 463 g/mol. The first-order valence-electron chi connectivity index (χ1n) is 9.03. The Hall–Kier alpha value is -2.54. The smallest absolute Gasteiger partial charge is 0.255 e. The van der Waals surface area contributed by atoms with Gasteiger partial charge in [0.2, 0.25) is 10.0 Å². The minimum atomic E-state index is -3.53. The lowest BCUT2D eigenvalue weighted by molar-refractivity contribution is 0.102. The molecule has 0 radical (unpaired) electrons. The van der Waals surface area contributed by atoms with Crippen molar-refractivity contribution in [3.63, 3.8) is 0 Å². The van der Waals surface area contributed by atoms with Gasteiger partial charge in [0, 0.05) is 21.3 Å². The Bertz CT molecular complexity index is 1160. The first-order chi connectivity index (χ1) is 14.1. The summed E-state index contributed by atoms with van der Waals surface area (Å²) < 4.78 is 25.9. The Morgan fingerprint density at radius 2 is 1.60 bits per heavy atom. The predicted octanol–water partition coefficient (Wildman–Crippen LogP) is 5.52. The number of nitrogens with zero attached hydrogens (tertiary/aromatic N) is 1. The van der Waals surface area contributed by atoms with E-state index >= 15 is 0 Å². The van der Waals surface area contributed by atoms with Gasteiger partial charge in [0.05, 0.1) is 18.5 Å². The maximum absolute atomic E-state index is 12.5. The van der Waals surface area contributed by atoms with Gasteiger partial charge in [0.1, 0.15) is 0 Å². The molecule has 0 spiro atoms. The summed E-state index contributed by atoms with van der Waals surface area (Å²) in [5, 5.41) is 3.93. The summed E-state index contributed by atoms with van der Waals surface area (Å²) in [4.78, 5) is 12.5. The minimum absolute atomic E-state index is 0.156. The number of nitrogens with one attached hydrogen (secondary N) is 1. The molecule has 0 bridgehead atoms. The van der Waals surface area contributed by atoms with Crippen molar-refractivity contribution < 1.29 is 13.2 Å². The zero-order chi connectivity index (χ0) is 21.9. The first kappa shape index (κ1) is 22.2. The molecule has 0 aliphatic carbocycles. The fourth-order valence-electron chi connectivity index (χ4n) is 2.81. The number of anilines is 2. The van der Waals surface area contributed by atoms with E-state index in [1.807, 2.05) is 13.0 Å². The maximum Gasteiger partial charge on any atom is 0.255 e. The van der Waals surface area contributed by atoms with Gasteiger partial charge < -0.3 is 5.32 Å². The molecular weight excluding hydrogens is 443 g/mol. The standard InChI is InChI=1S/C22H20Cl2N2O3S/c1-15-3-10-19(13-21(15)24)25-22(27)17-6-11-20(12-7-17)26(30(2,28)29)14-16-4-8-18(23)9-5-16/h3-13H,14H2,1-2H3,(H,25,27). The van der Waals surface area contributed by atoms with Crippen molar-refractivity contribution in [2.45, 2.75) is 13.5 Å². The normalized spacial score (nSPS) is 11.2. The Morgan fingerprint density at radius 3 is 2.17 bits per heavy atom. The second kappa shape index (κ2) is 9.08. The van der Waals surface area contributed by atoms with Crippen LogP contribution >= 0.6 is 23.2 Å². The summed E-state index contributed by atoms with van der Waals surface area (Å²) in [5.74, 6) is -0.315. The molecule has 0 heterocycles. The number of sulfonamides is 1. The maximum atomic E-state index is 12.5. The molecule has 30 heavy (non-hydrogen) atoms. The fraction of sp³-hybridized carbons (Fsp3) is 0.136. The second-order valence-corrected chi connectivity index (χ2v) is 9.61. The summed E-state index contributed by atoms with van der Waals surface area (Å²) in [6.07, 6.45) is 1.14. The van der Waals surface area contributed by atoms with Crippen molar-refractivity contribution in [1.82, 2.24) is 0 Å². The van der Waals surface area contributed by atoms with Crippen molar-refractivity contribution in [2.75, 3.05) is 15.9 Å². The molecule has 156 valence electrons. The van der Waals surface area contributed by atoms with Crippen LogP contribution in [0.2, 0.25) is 10.0 Å². The van der Waals surface area contributed by atoms with Gasteiger partial charge in [0.15, 0.2) is 0 Å². The number of amides is 1. The topological polar surface area (TPSA) is 66.5 Å². The third kappa shape index (κ3) is 5.53. The van der Waals surface area contributed by atoms with Crippen LogP contribution in [0.5, 0.6) is 0 Å². The Labute approximate surface area is 186 Å². The van der Waals surface area contributed by atoms with Gasteiger partial charge in [0.25, 0.3) is 5.91 Å². The van der Waals surface area contributed by atoms with Crippen LogP contribution in [0.1, 0.15) is 21.5 Å². The van der Waals surface area contributed by atoms with Crippen LogP contribution in [0.15, 0.2) is 66.7 Å². The van der Waals surface area contributed by atoms with Crippen molar-refractivity contribution in [3.8, 4) is 0 Å². The quantitative estimate of drug-likeness (QED) is 0.524. The van der Waals surface area contributed by atoms with Crippen molar-refractivity contribution in [2.24, 2.45) is 0 Å². The van der Waals surface area contributed by atoms with Gasteiger partial charge >= 0.3 is 0 Å². The zero-order valence-corrected chi connectivity index (χ0v) is 18.7. The summed E-state index contributed by atoms with van der Waals surface area (Å²) in [5.41, 5.74) is 3.15. The molecule has 3 aromatic carbocycles. The molecule has 0 aromatic heterocycles. The third-order valence-electron chi connectivity index (χ3n) is 4.49. The molecule has 3 aromatic rings. The number of carbonyl (C=O) groups is 1. The van der Waals surface area contributed by atoms with E-state index in [0.29, 0.717) is 27.0 Å². The van der Waals surface area contributed by atoms with Gasteiger partial charge in [-0.2, -0.15) is 0 Å². The summed E-state index contributed by atoms with van der Waals surface area (Å²) >= 11 is 12.0. The van der Waals surface area contributed by atoms with E-state index in [2.05, 4.69) is 5.32 Å². The van der Waals surface area contributed by atoms with Crippen LogP contribution in [0.4, 0.5) is 11.4 Å². The van der Waals surface area contributed by atoms with Crippen LogP contribution in [0.25, 0.3) is 0 Å². The van der Waals surface area contributed by atoms with Gasteiger partial charge in [-0.25, -0.2) is 8.42 Å². The Morgan fingerprint density at radius 1 is 0.967 bits per heavy atom. The molecular formula is C22H20Cl2N2O3S. The average Bonchev–Trinajstić information content (AvgIpc) is 2.69. The monoisotopic (exact) mass is 462 g/mol. The predicted molar refractivity (Wildman–Crippen MR) is 123 cm³/mol. The summed E-state index contributed by atoms with van der Waals surface area (Å²) in [6.45, 7) is 2.04. The number of benzene rings is 3. The highest BCUT2D eigenvalue weighted by atomic mass is 35.5. The lowest BCUT2D eigenvalue weighted by Crippen LogP contribution is -2.29. The molecule has 0 aliphatic rings. The van der Waals surface area contributed by atoms with E-state index in [9.17, 15) is 13.2 Å². The lowest BCUT2D eigenvalue weighted by atomic mass is 10.1. The highest BCUT2D eigenvalue weighted by Crippen LogP contribution is 2.24. The van der Waals surface area contributed by atoms with Crippen molar-refractivity contribution >= 4 is 50.5 Å². The molecule has 0 aliphatic heterocycles. The SMILES string of the molecule is Cc1ccc(NC(=O)c2ccc(N(Cc3ccc(Cl)cc3)S(C)(=O)=O)cc2)cc1Cl. The molecule has 5 nitrogen and oxygen atoms in total. The Kier molecular flexibility index (Phi) is 6.71. The number of halogens is 2. The van der Waals surface area contributed by atoms with E-state index in [-0.39, 0.29) is 12.5 Å². The molecule has 0 fully saturated rings. The van der Waals surface area contributed by atoms with Crippen LogP contribution < -0.4 is 9.62 Å². The van der Waals surface area contributed by atoms with Crippen molar-refractivity contribution in [3.05, 3.63) is 93.5 Å². The van der Waals surface area contributed by atoms with E-state index in [1.165, 1.54) is 4.31 Å². The number of rotatable bonds is 6. The molecule has 1 amide bonds. The number of aryl methyl sites for hydroxylation is 1. The number of hydrogen-bond donors (Lipinski definition) is 1. The molecule has 8 heteroatoms. The van der Waals surface area contributed by atoms with Gasteiger partial charge in [-0.05, 0) is 66.6 Å². The molecule has 0 saturated carbocycles. The van der Waals surface area contributed by atoms with Crippen LogP contribution in [0.3, 0.4) is 0 Å². The van der Waals surface area contributed by atoms with E-state index in [1.54, 1.807) is 60.7 Å². The minimum Gasteiger partial charge on any atom is -0.322 e. The first-order valence-corrected chi connectivity index (χ1v) is 11.6. The summed E-state index contributed by atoms with van der Waals surface area (Å²) in [7, 11) is -3.53. The molecule has 1 N–H and O–H groups in total. The summed E-state index contributed by atoms with van der Waals surface area (Å²) in [6, 6.07) is 18.6. The fourth-order valence-corrected chi connectivity index (χ4v) is 4.00. The highest BCUT2D eigenvalue weighted by Gasteiger charge is 2.18. The molecule has 0 atom stereocenters. The van der Waals surface area contributed by atoms with Gasteiger partial charge in [-0.1, -0.05) is 41.4 Å². The second-order valence-electron chi connectivity index (χ2n) is 6.86. The Balaban J connectivity index is 1.79. The van der Waals surface area contributed by atoms with E-state index < -0.39 is 10.0 Å². The van der Waals surface area contributed by atoms with Crippen LogP contribution in [-0.4, -0.2) is 20.6 Å². The van der Waals surface area contributed by atoms with Crippen molar-refractivity contribution in [1.29, 1.82) is 0 Å². The van der Waals surface area contributed by atoms with Gasteiger partial charge in [-0.15, -0.1) is 0 Å². The zero-order valence-electron chi connectivity index (χ0n) is 16.4.